The number of primary amides is 1. The molecule has 0 fully saturated rings. The Bertz CT molecular complexity index is 569. The molecule has 0 heterocycles. The van der Waals surface area contributed by atoms with Gasteiger partial charge in [0.05, 0.1) is 0 Å². The van der Waals surface area contributed by atoms with E-state index in [2.05, 4.69) is 5.32 Å². The normalized spacial score (nSPS) is 10.4. The number of aliphatic carboxylic acids is 1. The number of carbonyl (C=O) groups is 3. The number of carboxylic acids is 1. The van der Waals surface area contributed by atoms with Crippen molar-refractivity contribution in [2.24, 2.45) is 5.73 Å². The van der Waals surface area contributed by atoms with Crippen LogP contribution in [-0.4, -0.2) is 29.4 Å². The van der Waals surface area contributed by atoms with Gasteiger partial charge in [-0.15, -0.1) is 0 Å². The smallest absolute Gasteiger partial charge is 0.328 e. The highest BCUT2D eigenvalue weighted by atomic mass is 19.1. The van der Waals surface area contributed by atoms with Gasteiger partial charge in [0.1, 0.15) is 5.82 Å². The maximum Gasteiger partial charge on any atom is 0.328 e. The van der Waals surface area contributed by atoms with Crippen LogP contribution in [0.4, 0.5) is 4.39 Å². The Balaban J connectivity index is 2.73. The van der Waals surface area contributed by atoms with E-state index in [-0.39, 0.29) is 24.1 Å². The molecule has 0 spiro atoms. The monoisotopic (exact) mass is 280 g/mol. The molecule has 4 N–H and O–H groups in total. The van der Waals surface area contributed by atoms with E-state index in [1.54, 1.807) is 0 Å². The topological polar surface area (TPSA) is 109 Å². The number of amides is 2. The van der Waals surface area contributed by atoms with Crippen LogP contribution in [0, 0.1) is 5.82 Å². The van der Waals surface area contributed by atoms with Crippen molar-refractivity contribution in [2.75, 3.05) is 6.54 Å². The lowest BCUT2D eigenvalue weighted by Gasteiger charge is -2.05. The summed E-state index contributed by atoms with van der Waals surface area (Å²) in [5, 5.41) is 10.8. The van der Waals surface area contributed by atoms with Gasteiger partial charge in [-0.05, 0) is 18.2 Å². The van der Waals surface area contributed by atoms with Gasteiger partial charge in [0.25, 0.3) is 5.91 Å². The average Bonchev–Trinajstić information content (AvgIpc) is 2.36. The third-order valence-corrected chi connectivity index (χ3v) is 2.33. The fraction of sp³-hybridized carbons (Fsp3) is 0.154. The zero-order chi connectivity index (χ0) is 15.1. The van der Waals surface area contributed by atoms with Crippen LogP contribution in [0.15, 0.2) is 24.3 Å². The van der Waals surface area contributed by atoms with E-state index in [1.165, 1.54) is 12.1 Å². The van der Waals surface area contributed by atoms with Gasteiger partial charge >= 0.3 is 5.97 Å². The minimum absolute atomic E-state index is 0.00629. The lowest BCUT2D eigenvalue weighted by molar-refractivity contribution is -0.131. The van der Waals surface area contributed by atoms with Gasteiger partial charge in [-0.1, -0.05) is 6.07 Å². The molecule has 0 aromatic heterocycles. The molecule has 0 radical (unpaired) electrons. The van der Waals surface area contributed by atoms with E-state index < -0.39 is 23.6 Å². The number of benzene rings is 1. The van der Waals surface area contributed by atoms with Crippen LogP contribution in [0.25, 0.3) is 6.08 Å². The van der Waals surface area contributed by atoms with E-state index >= 15 is 0 Å². The SMILES string of the molecule is NC(=O)CCNC(=O)c1ccc(C=CC(=O)O)c(F)c1. The van der Waals surface area contributed by atoms with Crippen molar-refractivity contribution in [3.8, 4) is 0 Å². The van der Waals surface area contributed by atoms with Crippen LogP contribution in [0.2, 0.25) is 0 Å². The van der Waals surface area contributed by atoms with Crippen molar-refractivity contribution in [2.45, 2.75) is 6.42 Å². The maximum atomic E-state index is 13.6. The molecule has 20 heavy (non-hydrogen) atoms. The molecule has 6 nitrogen and oxygen atoms in total. The van der Waals surface area contributed by atoms with Crippen molar-refractivity contribution < 1.29 is 23.9 Å². The van der Waals surface area contributed by atoms with Gasteiger partial charge in [-0.2, -0.15) is 0 Å². The molecule has 1 aromatic rings. The molecular formula is C13H13FN2O4. The Hall–Kier alpha value is -2.70. The highest BCUT2D eigenvalue weighted by Crippen LogP contribution is 2.12. The van der Waals surface area contributed by atoms with Crippen LogP contribution < -0.4 is 11.1 Å². The minimum Gasteiger partial charge on any atom is -0.478 e. The van der Waals surface area contributed by atoms with Gasteiger partial charge in [0.2, 0.25) is 5.91 Å². The minimum atomic E-state index is -1.20. The Morgan fingerprint density at radius 3 is 2.60 bits per heavy atom. The molecule has 0 saturated heterocycles. The van der Waals surface area contributed by atoms with E-state index in [1.807, 2.05) is 0 Å². The van der Waals surface area contributed by atoms with E-state index in [0.29, 0.717) is 0 Å². The van der Waals surface area contributed by atoms with Gasteiger partial charge in [0.15, 0.2) is 0 Å². The largest absolute Gasteiger partial charge is 0.478 e. The molecule has 0 aliphatic carbocycles. The molecule has 0 atom stereocenters. The van der Waals surface area contributed by atoms with Gasteiger partial charge in [0, 0.05) is 30.2 Å². The molecule has 7 heteroatoms. The van der Waals surface area contributed by atoms with Crippen LogP contribution in [0.3, 0.4) is 0 Å². The first-order valence-electron chi connectivity index (χ1n) is 5.67. The summed E-state index contributed by atoms with van der Waals surface area (Å²) < 4.78 is 13.6. The first-order valence-corrected chi connectivity index (χ1v) is 5.67. The number of carbonyl (C=O) groups excluding carboxylic acids is 2. The van der Waals surface area contributed by atoms with Crippen molar-refractivity contribution in [1.29, 1.82) is 0 Å². The fourth-order valence-electron chi connectivity index (χ4n) is 1.37. The Kier molecular flexibility index (Phi) is 5.40. The summed E-state index contributed by atoms with van der Waals surface area (Å²) in [6.07, 6.45) is 1.88. The van der Waals surface area contributed by atoms with E-state index in [9.17, 15) is 18.8 Å². The molecule has 1 rings (SSSR count). The van der Waals surface area contributed by atoms with Crippen LogP contribution >= 0.6 is 0 Å². The number of hydrogen-bond acceptors (Lipinski definition) is 3. The summed E-state index contributed by atoms with van der Waals surface area (Å²) in [5.41, 5.74) is 5.04. The van der Waals surface area contributed by atoms with Crippen LogP contribution in [-0.2, 0) is 9.59 Å². The fourth-order valence-corrected chi connectivity index (χ4v) is 1.37. The van der Waals surface area contributed by atoms with Crippen molar-refractivity contribution >= 4 is 23.9 Å². The molecule has 106 valence electrons. The van der Waals surface area contributed by atoms with E-state index in [0.717, 1.165) is 18.2 Å². The second-order valence-electron chi connectivity index (χ2n) is 3.88. The number of halogens is 1. The first-order chi connectivity index (χ1) is 9.40. The maximum absolute atomic E-state index is 13.6. The zero-order valence-corrected chi connectivity index (χ0v) is 10.4. The van der Waals surface area contributed by atoms with E-state index in [4.69, 9.17) is 10.8 Å². The number of rotatable bonds is 6. The lowest BCUT2D eigenvalue weighted by Crippen LogP contribution is -2.27. The first kappa shape index (κ1) is 15.4. The third-order valence-electron chi connectivity index (χ3n) is 2.33. The van der Waals surface area contributed by atoms with Crippen molar-refractivity contribution in [3.63, 3.8) is 0 Å². The summed E-state index contributed by atoms with van der Waals surface area (Å²) in [5.74, 6) is -3.01. The predicted molar refractivity (Wildman–Crippen MR) is 69.2 cm³/mol. The summed E-state index contributed by atoms with van der Waals surface area (Å²) in [4.78, 5) is 32.4. The molecule has 0 aliphatic heterocycles. The van der Waals surface area contributed by atoms with Crippen molar-refractivity contribution in [1.82, 2.24) is 5.32 Å². The molecule has 1 aromatic carbocycles. The quantitative estimate of drug-likeness (QED) is 0.660. The highest BCUT2D eigenvalue weighted by Gasteiger charge is 2.08. The molecule has 0 saturated carbocycles. The Morgan fingerprint density at radius 2 is 2.05 bits per heavy atom. The van der Waals surface area contributed by atoms with Crippen LogP contribution in [0.1, 0.15) is 22.3 Å². The summed E-state index contributed by atoms with van der Waals surface area (Å²) in [6.45, 7) is 0.0659. The molecule has 0 aliphatic rings. The molecular weight excluding hydrogens is 267 g/mol. The Labute approximate surface area is 114 Å². The Morgan fingerprint density at radius 1 is 1.35 bits per heavy atom. The van der Waals surface area contributed by atoms with Gasteiger partial charge < -0.3 is 16.2 Å². The number of nitrogens with two attached hydrogens (primary N) is 1. The molecule has 0 unspecified atom stereocenters. The zero-order valence-electron chi connectivity index (χ0n) is 10.4. The molecule has 0 bridgehead atoms. The number of hydrogen-bond donors (Lipinski definition) is 3. The summed E-state index contributed by atoms with van der Waals surface area (Å²) in [6, 6.07) is 3.63. The predicted octanol–water partition coefficient (Wildman–Crippen LogP) is 0.529. The van der Waals surface area contributed by atoms with Crippen LogP contribution in [0.5, 0.6) is 0 Å². The number of carboxylic acid groups (broad SMARTS) is 1. The summed E-state index contributed by atoms with van der Waals surface area (Å²) in [7, 11) is 0. The van der Waals surface area contributed by atoms with Gasteiger partial charge in [-0.3, -0.25) is 9.59 Å². The second kappa shape index (κ2) is 7.03. The lowest BCUT2D eigenvalue weighted by atomic mass is 10.1. The standard InChI is InChI=1S/C13H13FN2O4/c14-10-7-9(13(20)16-6-5-11(15)17)2-1-8(10)3-4-12(18)19/h1-4,7H,5-6H2,(H2,15,17)(H,16,20)(H,18,19). The third kappa shape index (κ3) is 4.89. The molecule has 2 amide bonds. The second-order valence-corrected chi connectivity index (χ2v) is 3.88. The van der Waals surface area contributed by atoms with Gasteiger partial charge in [-0.25, -0.2) is 9.18 Å². The average molecular weight is 280 g/mol. The number of nitrogens with one attached hydrogen (secondary N) is 1. The summed E-state index contributed by atoms with van der Waals surface area (Å²) >= 11 is 0. The van der Waals surface area contributed by atoms with Crippen molar-refractivity contribution in [3.05, 3.63) is 41.2 Å². The highest BCUT2D eigenvalue weighted by molar-refractivity contribution is 5.94.